The van der Waals surface area contributed by atoms with E-state index in [0.29, 0.717) is 11.8 Å². The average Bonchev–Trinajstić information content (AvgIpc) is 2.97. The third-order valence-electron chi connectivity index (χ3n) is 6.23. The monoisotopic (exact) mass is 348 g/mol. The van der Waals surface area contributed by atoms with Crippen molar-refractivity contribution in [2.24, 2.45) is 17.3 Å². The van der Waals surface area contributed by atoms with Crippen molar-refractivity contribution in [2.75, 3.05) is 6.79 Å². The molecule has 0 amide bonds. The fraction of sp³-hybridized carbons (Fsp3) is 0.632. The second kappa shape index (κ2) is 5.04. The minimum Gasteiger partial charge on any atom is -0.460 e. The summed E-state index contributed by atoms with van der Waals surface area (Å²) in [6.07, 6.45) is 6.08. The van der Waals surface area contributed by atoms with Gasteiger partial charge in [0.15, 0.2) is 11.5 Å². The molecule has 0 N–H and O–H groups in total. The summed E-state index contributed by atoms with van der Waals surface area (Å²) in [5.41, 5.74) is 0.584. The first kappa shape index (κ1) is 14.9. The molecule has 0 spiro atoms. The molecule has 4 bridgehead atoms. The van der Waals surface area contributed by atoms with Crippen molar-refractivity contribution in [2.45, 2.75) is 50.0 Å². The molecule has 1 aromatic rings. The summed E-state index contributed by atoms with van der Waals surface area (Å²) in [5, 5.41) is 0. The lowest BCUT2D eigenvalue weighted by Crippen LogP contribution is -2.56. The lowest BCUT2D eigenvalue weighted by Gasteiger charge is -2.58. The Balaban J connectivity index is 1.30. The fourth-order valence-electron chi connectivity index (χ4n) is 5.72. The number of hydrogen-bond acceptors (Lipinski definition) is 4. The molecule has 4 saturated carbocycles. The van der Waals surface area contributed by atoms with Gasteiger partial charge >= 0.3 is 5.97 Å². The second-order valence-electron chi connectivity index (χ2n) is 8.16. The van der Waals surface area contributed by atoms with Gasteiger partial charge in [-0.25, -0.2) is 0 Å². The molecule has 1 heterocycles. The van der Waals surface area contributed by atoms with Crippen LogP contribution in [-0.4, -0.2) is 17.6 Å². The number of halogens is 1. The van der Waals surface area contributed by atoms with Gasteiger partial charge in [-0.15, -0.1) is 11.6 Å². The maximum absolute atomic E-state index is 12.9. The van der Waals surface area contributed by atoms with Crippen LogP contribution in [0.5, 0.6) is 11.5 Å². The van der Waals surface area contributed by atoms with Crippen molar-refractivity contribution in [3.8, 4) is 11.5 Å². The predicted octanol–water partition coefficient (Wildman–Crippen LogP) is 4.04. The fourth-order valence-corrected chi connectivity index (χ4v) is 6.41. The van der Waals surface area contributed by atoms with Crippen LogP contribution in [0.15, 0.2) is 18.2 Å². The van der Waals surface area contributed by atoms with E-state index in [1.807, 2.05) is 18.2 Å². The summed E-state index contributed by atoms with van der Waals surface area (Å²) in [7, 11) is 0. The first-order valence-electron chi connectivity index (χ1n) is 8.78. The van der Waals surface area contributed by atoms with E-state index in [1.165, 1.54) is 6.42 Å². The summed E-state index contributed by atoms with van der Waals surface area (Å²) in [4.78, 5) is 12.7. The van der Waals surface area contributed by atoms with Gasteiger partial charge in [-0.2, -0.15) is 0 Å². The van der Waals surface area contributed by atoms with Gasteiger partial charge in [0.05, 0.1) is 5.41 Å². The Morgan fingerprint density at radius 1 is 1.17 bits per heavy atom. The molecule has 0 saturated heterocycles. The molecule has 4 fully saturated rings. The second-order valence-corrected chi connectivity index (χ2v) is 8.96. The summed E-state index contributed by atoms with van der Waals surface area (Å²) < 4.78 is 16.4. The SMILES string of the molecule is O=C(OCc1ccc2c(c1)OCO2)C12C[C@@H]3C[C@@H](CC(Cl)(C3)C1)C2. The summed E-state index contributed by atoms with van der Waals surface area (Å²) in [5.74, 6) is 2.61. The Labute approximate surface area is 146 Å². The smallest absolute Gasteiger partial charge is 0.312 e. The molecule has 6 rings (SSSR count). The molecule has 4 atom stereocenters. The van der Waals surface area contributed by atoms with E-state index < -0.39 is 0 Å². The van der Waals surface area contributed by atoms with E-state index in [9.17, 15) is 4.79 Å². The topological polar surface area (TPSA) is 44.8 Å². The first-order chi connectivity index (χ1) is 11.5. The van der Waals surface area contributed by atoms with E-state index in [-0.39, 0.29) is 29.7 Å². The molecule has 1 aromatic carbocycles. The van der Waals surface area contributed by atoms with Crippen LogP contribution in [0.2, 0.25) is 0 Å². The third kappa shape index (κ3) is 2.30. The van der Waals surface area contributed by atoms with E-state index in [4.69, 9.17) is 25.8 Å². The molecular formula is C19H21ClO4. The Hall–Kier alpha value is -1.42. The molecule has 5 heteroatoms. The van der Waals surface area contributed by atoms with Gasteiger partial charge < -0.3 is 14.2 Å². The highest BCUT2D eigenvalue weighted by atomic mass is 35.5. The van der Waals surface area contributed by atoms with Crippen LogP contribution < -0.4 is 9.47 Å². The van der Waals surface area contributed by atoms with Gasteiger partial charge in [0.25, 0.3) is 0 Å². The molecular weight excluding hydrogens is 328 g/mol. The van der Waals surface area contributed by atoms with Crippen molar-refractivity contribution in [1.29, 1.82) is 0 Å². The van der Waals surface area contributed by atoms with E-state index >= 15 is 0 Å². The minimum absolute atomic E-state index is 0.0562. The van der Waals surface area contributed by atoms with E-state index in [2.05, 4.69) is 0 Å². The van der Waals surface area contributed by atoms with Crippen molar-refractivity contribution in [3.05, 3.63) is 23.8 Å². The Morgan fingerprint density at radius 2 is 1.92 bits per heavy atom. The number of ether oxygens (including phenoxy) is 3. The highest BCUT2D eigenvalue weighted by Crippen LogP contribution is 2.64. The standard InChI is InChI=1S/C19H21ClO4/c20-19-7-13-3-14(8-19)6-18(5-13,10-19)17(21)22-9-12-1-2-15-16(4-12)24-11-23-15/h1-2,4,13-14H,3,5-11H2/t13-,14+,18?,19?. The van der Waals surface area contributed by atoms with Gasteiger partial charge in [0.2, 0.25) is 6.79 Å². The summed E-state index contributed by atoms with van der Waals surface area (Å²) in [6.45, 7) is 0.532. The molecule has 4 nitrogen and oxygen atoms in total. The van der Waals surface area contributed by atoms with Crippen molar-refractivity contribution >= 4 is 17.6 Å². The van der Waals surface area contributed by atoms with Crippen LogP contribution in [0, 0.1) is 17.3 Å². The van der Waals surface area contributed by atoms with Gasteiger partial charge in [0, 0.05) is 4.87 Å². The molecule has 0 radical (unpaired) electrons. The summed E-state index contributed by atoms with van der Waals surface area (Å²) in [6, 6.07) is 5.67. The van der Waals surface area contributed by atoms with Crippen LogP contribution in [-0.2, 0) is 16.1 Å². The van der Waals surface area contributed by atoms with Crippen LogP contribution in [0.1, 0.15) is 44.1 Å². The van der Waals surface area contributed by atoms with Crippen LogP contribution >= 0.6 is 11.6 Å². The molecule has 0 aromatic heterocycles. The first-order valence-corrected chi connectivity index (χ1v) is 9.16. The molecule has 5 aliphatic rings. The summed E-state index contributed by atoms with van der Waals surface area (Å²) >= 11 is 6.81. The number of carbonyl (C=O) groups is 1. The van der Waals surface area contributed by atoms with E-state index in [0.717, 1.165) is 49.2 Å². The number of fused-ring (bicyclic) bond motifs is 1. The lowest BCUT2D eigenvalue weighted by molar-refractivity contribution is -0.171. The minimum atomic E-state index is -0.345. The van der Waals surface area contributed by atoms with Gasteiger partial charge in [-0.3, -0.25) is 4.79 Å². The molecule has 128 valence electrons. The van der Waals surface area contributed by atoms with Gasteiger partial charge in [0.1, 0.15) is 6.61 Å². The van der Waals surface area contributed by atoms with E-state index in [1.54, 1.807) is 0 Å². The average molecular weight is 349 g/mol. The Bertz CT molecular complexity index is 687. The van der Waals surface area contributed by atoms with Crippen molar-refractivity contribution in [1.82, 2.24) is 0 Å². The quantitative estimate of drug-likeness (QED) is 0.611. The zero-order valence-corrected chi connectivity index (χ0v) is 14.3. The van der Waals surface area contributed by atoms with Crippen LogP contribution in [0.3, 0.4) is 0 Å². The zero-order chi connectivity index (χ0) is 16.4. The lowest BCUT2D eigenvalue weighted by atomic mass is 9.49. The van der Waals surface area contributed by atoms with Crippen molar-refractivity contribution < 1.29 is 19.0 Å². The maximum Gasteiger partial charge on any atom is 0.312 e. The van der Waals surface area contributed by atoms with Crippen LogP contribution in [0.25, 0.3) is 0 Å². The van der Waals surface area contributed by atoms with Crippen LogP contribution in [0.4, 0.5) is 0 Å². The number of hydrogen-bond donors (Lipinski definition) is 0. The maximum atomic E-state index is 12.9. The Kier molecular flexibility index (Phi) is 3.13. The normalized spacial score (nSPS) is 38.4. The third-order valence-corrected chi connectivity index (χ3v) is 6.67. The highest BCUT2D eigenvalue weighted by molar-refractivity contribution is 6.24. The number of rotatable bonds is 3. The molecule has 2 unspecified atom stereocenters. The number of esters is 1. The molecule has 4 aliphatic carbocycles. The number of benzene rings is 1. The number of carbonyl (C=O) groups excluding carboxylic acids is 1. The van der Waals surface area contributed by atoms with Gasteiger partial charge in [-0.05, 0) is 68.1 Å². The molecule has 24 heavy (non-hydrogen) atoms. The Morgan fingerprint density at radius 3 is 2.67 bits per heavy atom. The largest absolute Gasteiger partial charge is 0.460 e. The zero-order valence-electron chi connectivity index (χ0n) is 13.6. The highest BCUT2D eigenvalue weighted by Gasteiger charge is 2.60. The number of alkyl halides is 1. The predicted molar refractivity (Wildman–Crippen MR) is 88.1 cm³/mol. The van der Waals surface area contributed by atoms with Crippen molar-refractivity contribution in [3.63, 3.8) is 0 Å². The molecule has 1 aliphatic heterocycles. The van der Waals surface area contributed by atoms with Gasteiger partial charge in [-0.1, -0.05) is 6.07 Å².